The van der Waals surface area contributed by atoms with Crippen molar-refractivity contribution in [3.05, 3.63) is 52.0 Å². The highest BCUT2D eigenvalue weighted by Crippen LogP contribution is 2.34. The molecule has 25 heavy (non-hydrogen) atoms. The molecule has 1 heterocycles. The monoisotopic (exact) mass is 380 g/mol. The number of anilines is 2. The molecule has 0 unspecified atom stereocenters. The lowest BCUT2D eigenvalue weighted by atomic mass is 10.1. The molecule has 1 aliphatic heterocycles. The number of rotatable bonds is 4. The Hall–Kier alpha value is -1.95. The normalized spacial score (nSPS) is 14.3. The van der Waals surface area contributed by atoms with Gasteiger partial charge in [0.2, 0.25) is 0 Å². The van der Waals surface area contributed by atoms with Crippen molar-refractivity contribution < 1.29 is 14.3 Å². The van der Waals surface area contributed by atoms with Gasteiger partial charge in [-0.3, -0.25) is 4.79 Å². The van der Waals surface area contributed by atoms with Gasteiger partial charge in [0, 0.05) is 24.5 Å². The summed E-state index contributed by atoms with van der Waals surface area (Å²) in [7, 11) is 1.45. The fourth-order valence-electron chi connectivity index (χ4n) is 2.74. The third-order valence-corrected chi connectivity index (χ3v) is 4.58. The first-order valence-electron chi connectivity index (χ1n) is 7.86. The summed E-state index contributed by atoms with van der Waals surface area (Å²) in [6.07, 6.45) is 0. The van der Waals surface area contributed by atoms with Crippen LogP contribution in [0.25, 0.3) is 0 Å². The van der Waals surface area contributed by atoms with E-state index >= 15 is 0 Å². The average molecular weight is 381 g/mol. The number of hydrogen-bond donors (Lipinski definition) is 1. The van der Waals surface area contributed by atoms with Crippen LogP contribution >= 0.6 is 23.2 Å². The van der Waals surface area contributed by atoms with E-state index in [1.807, 2.05) is 24.3 Å². The second-order valence-corrected chi connectivity index (χ2v) is 6.36. The second kappa shape index (κ2) is 7.95. The van der Waals surface area contributed by atoms with E-state index in [0.29, 0.717) is 23.9 Å². The molecule has 1 N–H and O–H groups in total. The van der Waals surface area contributed by atoms with Gasteiger partial charge in [-0.15, -0.1) is 0 Å². The van der Waals surface area contributed by atoms with Crippen LogP contribution in [0.3, 0.4) is 0 Å². The maximum absolute atomic E-state index is 12.7. The van der Waals surface area contributed by atoms with Gasteiger partial charge in [-0.2, -0.15) is 0 Å². The lowest BCUT2D eigenvalue weighted by molar-refractivity contribution is 0.102. The average Bonchev–Trinajstić information content (AvgIpc) is 2.64. The predicted molar refractivity (Wildman–Crippen MR) is 100 cm³/mol. The van der Waals surface area contributed by atoms with E-state index in [4.69, 9.17) is 32.7 Å². The van der Waals surface area contributed by atoms with Gasteiger partial charge in [0.05, 0.1) is 30.4 Å². The Bertz CT molecular complexity index is 777. The Morgan fingerprint density at radius 2 is 1.88 bits per heavy atom. The van der Waals surface area contributed by atoms with Gasteiger partial charge in [0.25, 0.3) is 5.91 Å². The van der Waals surface area contributed by atoms with Crippen LogP contribution < -0.4 is 15.0 Å². The Kier molecular flexibility index (Phi) is 5.68. The molecule has 0 aliphatic carbocycles. The summed E-state index contributed by atoms with van der Waals surface area (Å²) in [6, 6.07) is 10.8. The Labute approximate surface area is 156 Å². The zero-order valence-corrected chi connectivity index (χ0v) is 15.2. The summed E-state index contributed by atoms with van der Waals surface area (Å²) >= 11 is 12.3. The molecular formula is C18H18Cl2N2O3. The highest BCUT2D eigenvalue weighted by Gasteiger charge is 2.20. The first-order valence-corrected chi connectivity index (χ1v) is 8.62. The third-order valence-electron chi connectivity index (χ3n) is 3.97. The maximum Gasteiger partial charge on any atom is 0.261 e. The van der Waals surface area contributed by atoms with Crippen LogP contribution in [0.2, 0.25) is 10.0 Å². The van der Waals surface area contributed by atoms with Gasteiger partial charge >= 0.3 is 0 Å². The molecule has 0 atom stereocenters. The van der Waals surface area contributed by atoms with Crippen molar-refractivity contribution in [2.45, 2.75) is 0 Å². The van der Waals surface area contributed by atoms with E-state index in [0.717, 1.165) is 18.8 Å². The van der Waals surface area contributed by atoms with Crippen molar-refractivity contribution >= 4 is 40.5 Å². The fraction of sp³-hybridized carbons (Fsp3) is 0.278. The maximum atomic E-state index is 12.7. The summed E-state index contributed by atoms with van der Waals surface area (Å²) in [5.74, 6) is -0.112. The van der Waals surface area contributed by atoms with Crippen molar-refractivity contribution in [2.24, 2.45) is 0 Å². The molecule has 7 heteroatoms. The van der Waals surface area contributed by atoms with Crippen molar-refractivity contribution in [2.75, 3.05) is 43.6 Å². The number of benzene rings is 2. The number of nitrogens with one attached hydrogen (secondary N) is 1. The molecule has 3 rings (SSSR count). The van der Waals surface area contributed by atoms with Crippen molar-refractivity contribution in [1.29, 1.82) is 0 Å². The number of nitrogens with zero attached hydrogens (tertiary/aromatic N) is 1. The molecule has 1 amide bonds. The van der Waals surface area contributed by atoms with E-state index in [-0.39, 0.29) is 22.2 Å². The van der Waals surface area contributed by atoms with Gasteiger partial charge in [0.1, 0.15) is 5.56 Å². The van der Waals surface area contributed by atoms with Gasteiger partial charge in [-0.1, -0.05) is 29.3 Å². The van der Waals surface area contributed by atoms with E-state index in [2.05, 4.69) is 10.2 Å². The van der Waals surface area contributed by atoms with E-state index < -0.39 is 0 Å². The van der Waals surface area contributed by atoms with Crippen LogP contribution in [0.15, 0.2) is 36.4 Å². The van der Waals surface area contributed by atoms with E-state index in [9.17, 15) is 4.79 Å². The zero-order valence-electron chi connectivity index (χ0n) is 13.7. The molecule has 1 aliphatic rings. The quantitative estimate of drug-likeness (QED) is 0.867. The number of carbonyl (C=O) groups is 1. The topological polar surface area (TPSA) is 50.8 Å². The largest absolute Gasteiger partial charge is 0.494 e. The lowest BCUT2D eigenvalue weighted by Crippen LogP contribution is -2.36. The number of morpholine rings is 1. The summed E-state index contributed by atoms with van der Waals surface area (Å²) in [5.41, 5.74) is 1.92. The van der Waals surface area contributed by atoms with Gasteiger partial charge < -0.3 is 19.7 Å². The molecule has 0 aromatic heterocycles. The molecule has 0 bridgehead atoms. The second-order valence-electron chi connectivity index (χ2n) is 5.54. The van der Waals surface area contributed by atoms with Crippen molar-refractivity contribution in [3.63, 3.8) is 0 Å². The molecule has 5 nitrogen and oxygen atoms in total. The predicted octanol–water partition coefficient (Wildman–Crippen LogP) is 4.09. The SMILES string of the molecule is COc1c(Cl)ccc(Cl)c1C(=O)Nc1cccc(N2CCOCC2)c1. The standard InChI is InChI=1S/C18H18Cl2N2O3/c1-24-17-15(20)6-5-14(19)16(17)18(23)21-12-3-2-4-13(11-12)22-7-9-25-10-8-22/h2-6,11H,7-10H2,1H3,(H,21,23). The van der Waals surface area contributed by atoms with Crippen molar-refractivity contribution in [1.82, 2.24) is 0 Å². The molecule has 0 spiro atoms. The van der Waals surface area contributed by atoms with Crippen LogP contribution in [0.1, 0.15) is 10.4 Å². The molecule has 2 aromatic rings. The molecule has 132 valence electrons. The molecule has 0 radical (unpaired) electrons. The number of halogens is 2. The van der Waals surface area contributed by atoms with Crippen molar-refractivity contribution in [3.8, 4) is 5.75 Å². The lowest BCUT2D eigenvalue weighted by Gasteiger charge is -2.29. The zero-order chi connectivity index (χ0) is 17.8. The van der Waals surface area contributed by atoms with Crippen LogP contribution in [-0.2, 0) is 4.74 Å². The first-order chi connectivity index (χ1) is 12.1. The highest BCUT2D eigenvalue weighted by atomic mass is 35.5. The molecule has 0 saturated carbocycles. The number of carbonyl (C=O) groups excluding carboxylic acids is 1. The Balaban J connectivity index is 1.83. The van der Waals surface area contributed by atoms with Crippen LogP contribution in [0.5, 0.6) is 5.75 Å². The van der Waals surface area contributed by atoms with Crippen LogP contribution in [0, 0.1) is 0 Å². The summed E-state index contributed by atoms with van der Waals surface area (Å²) in [5, 5.41) is 3.47. The van der Waals surface area contributed by atoms with E-state index in [1.54, 1.807) is 12.1 Å². The van der Waals surface area contributed by atoms with E-state index in [1.165, 1.54) is 7.11 Å². The molecule has 1 fully saturated rings. The van der Waals surface area contributed by atoms with Crippen LogP contribution in [-0.4, -0.2) is 39.3 Å². The molecular weight excluding hydrogens is 363 g/mol. The summed E-state index contributed by atoms with van der Waals surface area (Å²) in [6.45, 7) is 3.05. The highest BCUT2D eigenvalue weighted by molar-refractivity contribution is 6.37. The fourth-order valence-corrected chi connectivity index (χ4v) is 3.21. The Morgan fingerprint density at radius 1 is 1.16 bits per heavy atom. The minimum Gasteiger partial charge on any atom is -0.494 e. The van der Waals surface area contributed by atoms with Gasteiger partial charge in [-0.05, 0) is 30.3 Å². The van der Waals surface area contributed by atoms with Crippen LogP contribution in [0.4, 0.5) is 11.4 Å². The van der Waals surface area contributed by atoms with Gasteiger partial charge in [0.15, 0.2) is 5.75 Å². The smallest absolute Gasteiger partial charge is 0.261 e. The number of amides is 1. The van der Waals surface area contributed by atoms with Gasteiger partial charge in [-0.25, -0.2) is 0 Å². The minimum absolute atomic E-state index is 0.216. The number of ether oxygens (including phenoxy) is 2. The summed E-state index contributed by atoms with van der Waals surface area (Å²) in [4.78, 5) is 14.9. The third kappa shape index (κ3) is 4.00. The summed E-state index contributed by atoms with van der Waals surface area (Å²) < 4.78 is 10.6. The number of hydrogen-bond acceptors (Lipinski definition) is 4. The first kappa shape index (κ1) is 17.9. The Morgan fingerprint density at radius 3 is 2.60 bits per heavy atom. The molecule has 2 aromatic carbocycles. The number of methoxy groups -OCH3 is 1. The minimum atomic E-state index is -0.372. The molecule has 1 saturated heterocycles.